The summed E-state index contributed by atoms with van der Waals surface area (Å²) in [4.78, 5) is 0. The first-order valence-electron chi connectivity index (χ1n) is 3.60. The minimum atomic E-state index is -0.697. The minimum absolute atomic E-state index is 0.234. The van der Waals surface area contributed by atoms with Gasteiger partial charge in [0.05, 0.1) is 12.7 Å². The lowest BCUT2D eigenvalue weighted by atomic mass is 10.1. The summed E-state index contributed by atoms with van der Waals surface area (Å²) in [6.45, 7) is 0.234. The van der Waals surface area contributed by atoms with Crippen LogP contribution in [0.5, 0.6) is 0 Å². The highest BCUT2D eigenvalue weighted by atomic mass is 16.5. The van der Waals surface area contributed by atoms with Crippen molar-refractivity contribution in [3.8, 4) is 0 Å². The largest absolute Gasteiger partial charge is 0.390 e. The van der Waals surface area contributed by atoms with E-state index in [0.29, 0.717) is 5.92 Å². The first-order valence-corrected chi connectivity index (χ1v) is 3.60. The summed E-state index contributed by atoms with van der Waals surface area (Å²) in [6, 6.07) is 0. The molecule has 1 aliphatic carbocycles. The van der Waals surface area contributed by atoms with Gasteiger partial charge in [0.1, 0.15) is 6.10 Å². The first-order chi connectivity index (χ1) is 4.75. The van der Waals surface area contributed by atoms with Crippen LogP contribution in [0.1, 0.15) is 12.8 Å². The van der Waals surface area contributed by atoms with Crippen LogP contribution in [0.15, 0.2) is 0 Å². The molecule has 1 fully saturated rings. The van der Waals surface area contributed by atoms with Gasteiger partial charge < -0.3 is 14.9 Å². The van der Waals surface area contributed by atoms with Gasteiger partial charge in [-0.05, 0) is 18.8 Å². The topological polar surface area (TPSA) is 49.7 Å². The summed E-state index contributed by atoms with van der Waals surface area (Å²) in [5.41, 5.74) is 0. The van der Waals surface area contributed by atoms with Crippen LogP contribution in [0.2, 0.25) is 0 Å². The summed E-state index contributed by atoms with van der Waals surface area (Å²) in [6.07, 6.45) is 0.821. The third-order valence-electron chi connectivity index (χ3n) is 1.84. The molecule has 3 nitrogen and oxygen atoms in total. The molecule has 2 atom stereocenters. The van der Waals surface area contributed by atoms with E-state index < -0.39 is 12.2 Å². The van der Waals surface area contributed by atoms with Gasteiger partial charge in [-0.25, -0.2) is 0 Å². The van der Waals surface area contributed by atoms with Crippen LogP contribution < -0.4 is 0 Å². The van der Waals surface area contributed by atoms with E-state index in [0.717, 1.165) is 12.8 Å². The third kappa shape index (κ3) is 1.94. The molecule has 2 N–H and O–H groups in total. The number of hydrogen-bond donors (Lipinski definition) is 2. The Balaban J connectivity index is 2.17. The molecule has 0 aromatic heterocycles. The Morgan fingerprint density at radius 3 is 2.50 bits per heavy atom. The molecule has 0 spiro atoms. The number of ether oxygens (including phenoxy) is 1. The highest BCUT2D eigenvalue weighted by molar-refractivity contribution is 4.85. The standard InChI is InChI=1S/C7H14O3/c1-10-4-6(8)7(9)5-2-3-5/h5-9H,2-4H2,1H3. The predicted molar refractivity (Wildman–Crippen MR) is 36.6 cm³/mol. The maximum atomic E-state index is 9.26. The van der Waals surface area contributed by atoms with Crippen molar-refractivity contribution in [2.45, 2.75) is 25.0 Å². The lowest BCUT2D eigenvalue weighted by molar-refractivity contribution is -0.0353. The Morgan fingerprint density at radius 2 is 2.10 bits per heavy atom. The monoisotopic (exact) mass is 146 g/mol. The molecule has 2 unspecified atom stereocenters. The van der Waals surface area contributed by atoms with E-state index in [4.69, 9.17) is 9.84 Å². The summed E-state index contributed by atoms with van der Waals surface area (Å²) in [5, 5.41) is 18.4. The van der Waals surface area contributed by atoms with Crippen LogP contribution in [0.4, 0.5) is 0 Å². The number of rotatable bonds is 4. The van der Waals surface area contributed by atoms with Gasteiger partial charge in [0, 0.05) is 7.11 Å². The van der Waals surface area contributed by atoms with E-state index >= 15 is 0 Å². The second-order valence-corrected chi connectivity index (χ2v) is 2.85. The Hall–Kier alpha value is -0.120. The zero-order valence-corrected chi connectivity index (χ0v) is 6.16. The number of methoxy groups -OCH3 is 1. The molecule has 0 saturated heterocycles. The van der Waals surface area contributed by atoms with Crippen LogP contribution in [0.3, 0.4) is 0 Å². The van der Waals surface area contributed by atoms with Crippen molar-refractivity contribution < 1.29 is 14.9 Å². The van der Waals surface area contributed by atoms with Crippen molar-refractivity contribution in [3.05, 3.63) is 0 Å². The first kappa shape index (κ1) is 7.98. The number of hydrogen-bond acceptors (Lipinski definition) is 3. The lowest BCUT2D eigenvalue weighted by Gasteiger charge is -2.15. The average Bonchev–Trinajstić information content (AvgIpc) is 2.68. The van der Waals surface area contributed by atoms with Crippen molar-refractivity contribution in [1.82, 2.24) is 0 Å². The van der Waals surface area contributed by atoms with Gasteiger partial charge in [-0.15, -0.1) is 0 Å². The van der Waals surface area contributed by atoms with E-state index in [1.807, 2.05) is 0 Å². The average molecular weight is 146 g/mol. The number of aliphatic hydroxyl groups excluding tert-OH is 2. The van der Waals surface area contributed by atoms with E-state index in [1.165, 1.54) is 7.11 Å². The Labute approximate surface area is 60.6 Å². The summed E-state index contributed by atoms with van der Waals surface area (Å²) in [5.74, 6) is 0.324. The fourth-order valence-electron chi connectivity index (χ4n) is 1.02. The van der Waals surface area contributed by atoms with Gasteiger partial charge >= 0.3 is 0 Å². The van der Waals surface area contributed by atoms with Crippen LogP contribution in [-0.2, 0) is 4.74 Å². The van der Waals surface area contributed by atoms with Crippen LogP contribution in [0, 0.1) is 5.92 Å². The summed E-state index contributed by atoms with van der Waals surface area (Å²) in [7, 11) is 1.52. The molecule has 0 aromatic rings. The summed E-state index contributed by atoms with van der Waals surface area (Å²) < 4.78 is 4.69. The molecule has 10 heavy (non-hydrogen) atoms. The molecule has 1 aliphatic rings. The molecule has 3 heteroatoms. The maximum absolute atomic E-state index is 9.26. The molecular weight excluding hydrogens is 132 g/mol. The molecule has 0 aromatic carbocycles. The van der Waals surface area contributed by atoms with E-state index in [-0.39, 0.29) is 6.61 Å². The zero-order valence-electron chi connectivity index (χ0n) is 6.16. The fourth-order valence-corrected chi connectivity index (χ4v) is 1.02. The van der Waals surface area contributed by atoms with Crippen molar-refractivity contribution in [3.63, 3.8) is 0 Å². The maximum Gasteiger partial charge on any atom is 0.103 e. The van der Waals surface area contributed by atoms with Crippen LogP contribution in [-0.4, -0.2) is 36.1 Å². The van der Waals surface area contributed by atoms with Gasteiger partial charge in [0.2, 0.25) is 0 Å². The van der Waals surface area contributed by atoms with Gasteiger partial charge in [0.25, 0.3) is 0 Å². The van der Waals surface area contributed by atoms with Gasteiger partial charge in [0.15, 0.2) is 0 Å². The van der Waals surface area contributed by atoms with Crippen LogP contribution >= 0.6 is 0 Å². The zero-order chi connectivity index (χ0) is 7.56. The predicted octanol–water partition coefficient (Wildman–Crippen LogP) is -0.235. The molecule has 0 heterocycles. The van der Waals surface area contributed by atoms with Gasteiger partial charge in [-0.1, -0.05) is 0 Å². The second kappa shape index (κ2) is 3.32. The van der Waals surface area contributed by atoms with Gasteiger partial charge in [-0.2, -0.15) is 0 Å². The Morgan fingerprint density at radius 1 is 1.50 bits per heavy atom. The van der Waals surface area contributed by atoms with Crippen molar-refractivity contribution in [2.75, 3.05) is 13.7 Å². The highest BCUT2D eigenvalue weighted by Gasteiger charge is 2.34. The van der Waals surface area contributed by atoms with Crippen molar-refractivity contribution in [2.24, 2.45) is 5.92 Å². The van der Waals surface area contributed by atoms with E-state index in [9.17, 15) is 5.11 Å². The van der Waals surface area contributed by atoms with Crippen molar-refractivity contribution >= 4 is 0 Å². The Kier molecular flexibility index (Phi) is 2.65. The molecule has 1 saturated carbocycles. The molecule has 0 amide bonds. The normalized spacial score (nSPS) is 24.3. The minimum Gasteiger partial charge on any atom is -0.390 e. The van der Waals surface area contributed by atoms with E-state index in [2.05, 4.69) is 0 Å². The molecule has 0 radical (unpaired) electrons. The van der Waals surface area contributed by atoms with Crippen molar-refractivity contribution in [1.29, 1.82) is 0 Å². The third-order valence-corrected chi connectivity index (χ3v) is 1.84. The van der Waals surface area contributed by atoms with E-state index in [1.54, 1.807) is 0 Å². The number of aliphatic hydroxyl groups is 2. The lowest BCUT2D eigenvalue weighted by Crippen LogP contribution is -2.31. The molecule has 0 bridgehead atoms. The second-order valence-electron chi connectivity index (χ2n) is 2.85. The molecular formula is C7H14O3. The Bertz CT molecular complexity index is 101. The SMILES string of the molecule is COCC(O)C(O)C1CC1. The fraction of sp³-hybridized carbons (Fsp3) is 1.00. The molecule has 60 valence electrons. The van der Waals surface area contributed by atoms with Gasteiger partial charge in [-0.3, -0.25) is 0 Å². The molecule has 0 aliphatic heterocycles. The van der Waals surface area contributed by atoms with Crippen LogP contribution in [0.25, 0.3) is 0 Å². The molecule has 1 rings (SSSR count). The summed E-state index contributed by atoms with van der Waals surface area (Å²) >= 11 is 0. The quantitative estimate of drug-likeness (QED) is 0.575. The highest BCUT2D eigenvalue weighted by Crippen LogP contribution is 2.33. The smallest absolute Gasteiger partial charge is 0.103 e.